The van der Waals surface area contributed by atoms with E-state index < -0.39 is 0 Å². The predicted molar refractivity (Wildman–Crippen MR) is 74.4 cm³/mol. The van der Waals surface area contributed by atoms with Crippen molar-refractivity contribution in [1.82, 2.24) is 5.32 Å². The second-order valence-corrected chi connectivity index (χ2v) is 5.23. The van der Waals surface area contributed by atoms with Crippen LogP contribution < -0.4 is 11.1 Å². The molecule has 5 nitrogen and oxygen atoms in total. The van der Waals surface area contributed by atoms with Gasteiger partial charge in [-0.1, -0.05) is 28.9 Å². The highest BCUT2D eigenvalue weighted by Gasteiger charge is 2.29. The zero-order chi connectivity index (χ0) is 13.8. The van der Waals surface area contributed by atoms with Gasteiger partial charge in [0, 0.05) is 23.7 Å². The van der Waals surface area contributed by atoms with E-state index in [0.717, 1.165) is 18.4 Å². The second-order valence-electron chi connectivity index (χ2n) is 4.83. The lowest BCUT2D eigenvalue weighted by Crippen LogP contribution is -2.28. The minimum Gasteiger partial charge on any atom is -0.409 e. The van der Waals surface area contributed by atoms with Crippen LogP contribution in [0.2, 0.25) is 5.02 Å². The molecule has 0 saturated heterocycles. The second kappa shape index (κ2) is 6.23. The van der Waals surface area contributed by atoms with Crippen LogP contribution in [-0.4, -0.2) is 28.8 Å². The first-order chi connectivity index (χ1) is 9.11. The molecule has 0 amide bonds. The summed E-state index contributed by atoms with van der Waals surface area (Å²) >= 11 is 6.13. The number of hydrogen-bond donors (Lipinski definition) is 4. The van der Waals surface area contributed by atoms with E-state index in [-0.39, 0.29) is 11.9 Å². The Hall–Kier alpha value is -1.30. The molecule has 1 fully saturated rings. The third-order valence-electron chi connectivity index (χ3n) is 3.29. The smallest absolute Gasteiger partial charge is 0.170 e. The molecule has 2 rings (SSSR count). The molecule has 1 saturated carbocycles. The van der Waals surface area contributed by atoms with Crippen molar-refractivity contribution >= 4 is 17.4 Å². The molecule has 0 spiro atoms. The molecule has 0 bridgehead atoms. The normalized spacial score (nSPS) is 17.5. The van der Waals surface area contributed by atoms with Crippen LogP contribution in [0.5, 0.6) is 0 Å². The van der Waals surface area contributed by atoms with Crippen LogP contribution in [0.1, 0.15) is 24.0 Å². The molecule has 19 heavy (non-hydrogen) atoms. The van der Waals surface area contributed by atoms with Gasteiger partial charge in [0.25, 0.3) is 0 Å². The molecular weight excluding hydrogens is 266 g/mol. The van der Waals surface area contributed by atoms with Gasteiger partial charge in [-0.3, -0.25) is 0 Å². The molecule has 6 heteroatoms. The predicted octanol–water partition coefficient (Wildman–Crippen LogP) is 1.29. The lowest BCUT2D eigenvalue weighted by Gasteiger charge is -2.12. The number of benzene rings is 1. The largest absolute Gasteiger partial charge is 0.409 e. The average Bonchev–Trinajstić information content (AvgIpc) is 3.23. The molecule has 0 radical (unpaired) electrons. The van der Waals surface area contributed by atoms with E-state index in [1.165, 1.54) is 0 Å². The summed E-state index contributed by atoms with van der Waals surface area (Å²) < 4.78 is 0. The standard InChI is InChI=1S/C13H18ClN3O2/c14-11-5-9(13(15)17-19)3-4-10(11)6-16-7-12(18)8-1-2-8/h3-5,8,12,16,18-19H,1-2,6-7H2,(H2,15,17). The van der Waals surface area contributed by atoms with Crippen molar-refractivity contribution in [3.8, 4) is 0 Å². The maximum Gasteiger partial charge on any atom is 0.170 e. The van der Waals surface area contributed by atoms with E-state index in [9.17, 15) is 5.11 Å². The van der Waals surface area contributed by atoms with Crippen LogP contribution in [-0.2, 0) is 6.54 Å². The summed E-state index contributed by atoms with van der Waals surface area (Å²) in [5.41, 5.74) is 6.98. The summed E-state index contributed by atoms with van der Waals surface area (Å²) in [6.45, 7) is 1.15. The number of aliphatic hydroxyl groups is 1. The highest BCUT2D eigenvalue weighted by atomic mass is 35.5. The van der Waals surface area contributed by atoms with Crippen molar-refractivity contribution in [3.05, 3.63) is 34.3 Å². The third kappa shape index (κ3) is 3.83. The molecule has 1 atom stereocenters. The van der Waals surface area contributed by atoms with Gasteiger partial charge in [-0.05, 0) is 30.4 Å². The molecule has 1 aliphatic rings. The Bertz CT molecular complexity index is 475. The maximum absolute atomic E-state index is 9.73. The summed E-state index contributed by atoms with van der Waals surface area (Å²) in [7, 11) is 0. The van der Waals surface area contributed by atoms with Crippen LogP contribution in [0, 0.1) is 5.92 Å². The summed E-state index contributed by atoms with van der Waals surface area (Å²) in [5, 5.41) is 25.0. The van der Waals surface area contributed by atoms with Crippen molar-refractivity contribution in [2.24, 2.45) is 16.8 Å². The SMILES string of the molecule is N/C(=N/O)c1ccc(CNCC(O)C2CC2)c(Cl)c1. The molecule has 0 aliphatic heterocycles. The molecule has 1 unspecified atom stereocenters. The van der Waals surface area contributed by atoms with Crippen LogP contribution >= 0.6 is 11.6 Å². The van der Waals surface area contributed by atoms with Crippen LogP contribution in [0.3, 0.4) is 0 Å². The van der Waals surface area contributed by atoms with Gasteiger partial charge in [-0.15, -0.1) is 0 Å². The van der Waals surface area contributed by atoms with Crippen molar-refractivity contribution in [3.63, 3.8) is 0 Å². The highest BCUT2D eigenvalue weighted by molar-refractivity contribution is 6.31. The summed E-state index contributed by atoms with van der Waals surface area (Å²) in [6, 6.07) is 5.23. The van der Waals surface area contributed by atoms with Crippen molar-refractivity contribution in [2.75, 3.05) is 6.54 Å². The molecule has 1 aromatic carbocycles. The Morgan fingerprint density at radius 3 is 2.84 bits per heavy atom. The Balaban J connectivity index is 1.89. The number of nitrogens with two attached hydrogens (primary N) is 1. The Morgan fingerprint density at radius 1 is 1.53 bits per heavy atom. The van der Waals surface area contributed by atoms with E-state index >= 15 is 0 Å². The quantitative estimate of drug-likeness (QED) is 0.274. The van der Waals surface area contributed by atoms with Gasteiger partial charge in [0.2, 0.25) is 0 Å². The maximum atomic E-state index is 9.73. The fourth-order valence-electron chi connectivity index (χ4n) is 1.91. The Labute approximate surface area is 117 Å². The number of halogens is 1. The van der Waals surface area contributed by atoms with Gasteiger partial charge >= 0.3 is 0 Å². The number of nitrogens with one attached hydrogen (secondary N) is 1. The van der Waals surface area contributed by atoms with Crippen molar-refractivity contribution < 1.29 is 10.3 Å². The van der Waals surface area contributed by atoms with Crippen LogP contribution in [0.4, 0.5) is 0 Å². The first-order valence-electron chi connectivity index (χ1n) is 6.27. The van der Waals surface area contributed by atoms with E-state index in [1.54, 1.807) is 12.1 Å². The van der Waals surface area contributed by atoms with Crippen molar-refractivity contribution in [1.29, 1.82) is 0 Å². The number of nitrogens with zero attached hydrogens (tertiary/aromatic N) is 1. The Morgan fingerprint density at radius 2 is 2.26 bits per heavy atom. The number of rotatable bonds is 6. The molecule has 5 N–H and O–H groups in total. The molecule has 0 heterocycles. The van der Waals surface area contributed by atoms with Crippen LogP contribution in [0.25, 0.3) is 0 Å². The monoisotopic (exact) mass is 283 g/mol. The summed E-state index contributed by atoms with van der Waals surface area (Å²) in [5.74, 6) is 0.497. The molecule has 1 aliphatic carbocycles. The fourth-order valence-corrected chi connectivity index (χ4v) is 2.16. The van der Waals surface area contributed by atoms with Gasteiger partial charge in [-0.2, -0.15) is 0 Å². The van der Waals surface area contributed by atoms with Gasteiger partial charge < -0.3 is 21.4 Å². The van der Waals surface area contributed by atoms with Gasteiger partial charge in [-0.25, -0.2) is 0 Å². The van der Waals surface area contributed by atoms with Crippen LogP contribution in [0.15, 0.2) is 23.4 Å². The molecular formula is C13H18ClN3O2. The lowest BCUT2D eigenvalue weighted by molar-refractivity contribution is 0.148. The van der Waals surface area contributed by atoms with E-state index in [4.69, 9.17) is 22.5 Å². The highest BCUT2D eigenvalue weighted by Crippen LogP contribution is 2.32. The minimum absolute atomic E-state index is 0.0329. The molecule has 1 aromatic rings. The van der Waals surface area contributed by atoms with E-state index in [0.29, 0.717) is 29.6 Å². The number of hydrogen-bond acceptors (Lipinski definition) is 4. The minimum atomic E-state index is -0.268. The third-order valence-corrected chi connectivity index (χ3v) is 3.64. The zero-order valence-corrected chi connectivity index (χ0v) is 11.3. The molecule has 104 valence electrons. The molecule has 0 aromatic heterocycles. The van der Waals surface area contributed by atoms with Gasteiger partial charge in [0.1, 0.15) is 0 Å². The summed E-state index contributed by atoms with van der Waals surface area (Å²) in [4.78, 5) is 0. The van der Waals surface area contributed by atoms with E-state index in [1.807, 2.05) is 6.07 Å². The van der Waals surface area contributed by atoms with Gasteiger partial charge in [0.05, 0.1) is 6.10 Å². The average molecular weight is 284 g/mol. The topological polar surface area (TPSA) is 90.9 Å². The zero-order valence-electron chi connectivity index (χ0n) is 10.5. The number of aliphatic hydroxyl groups excluding tert-OH is 1. The first kappa shape index (κ1) is 14.1. The van der Waals surface area contributed by atoms with Crippen molar-refractivity contribution in [2.45, 2.75) is 25.5 Å². The lowest BCUT2D eigenvalue weighted by atomic mass is 10.1. The fraction of sp³-hybridized carbons (Fsp3) is 0.462. The van der Waals surface area contributed by atoms with E-state index in [2.05, 4.69) is 10.5 Å². The van der Waals surface area contributed by atoms with Gasteiger partial charge in [0.15, 0.2) is 5.84 Å². The Kier molecular flexibility index (Phi) is 4.63. The first-order valence-corrected chi connectivity index (χ1v) is 6.64. The summed E-state index contributed by atoms with van der Waals surface area (Å²) in [6.07, 6.45) is 1.98. The number of amidine groups is 1. The number of oxime groups is 1.